The molecule has 7 nitrogen and oxygen atoms in total. The van der Waals surface area contributed by atoms with Gasteiger partial charge in [-0.15, -0.1) is 0 Å². The molecule has 0 heterocycles. The van der Waals surface area contributed by atoms with E-state index in [1.165, 1.54) is 6.07 Å². The van der Waals surface area contributed by atoms with Crippen LogP contribution in [0, 0.1) is 12.8 Å². The number of aryl methyl sites for hydroxylation is 1. The van der Waals surface area contributed by atoms with Gasteiger partial charge in [0.2, 0.25) is 10.0 Å². The van der Waals surface area contributed by atoms with Crippen molar-refractivity contribution in [1.29, 1.82) is 0 Å². The lowest BCUT2D eigenvalue weighted by molar-refractivity contribution is -0.114. The summed E-state index contributed by atoms with van der Waals surface area (Å²) in [4.78, 5) is 25.2. The standard InChI is InChI=1S/C31H36N2O5S/c1-3-9-24(35)19-22-11-8-15-28(23(18-22)20-34)33-39(37,38)30-17-16-29(26-13-6-7-14-27(26)30)32-31(36)25-12-5-4-10-21(25)2/h4-7,10,12-14,16-17,19,23,28,33-34H,3,8-9,11,15,18,20H2,1-2H3,(H,32,36)/b22-19-/t23-,28+/m1/s1. The molecule has 0 spiro atoms. The fraction of sp³-hybridized carbons (Fsp3) is 0.355. The minimum atomic E-state index is -3.96. The van der Waals surface area contributed by atoms with Gasteiger partial charge >= 0.3 is 0 Å². The Hall–Kier alpha value is -3.33. The number of anilines is 1. The third-order valence-electron chi connectivity index (χ3n) is 7.32. The molecule has 206 valence electrons. The summed E-state index contributed by atoms with van der Waals surface area (Å²) < 4.78 is 30.2. The molecule has 0 unspecified atom stereocenters. The molecule has 39 heavy (non-hydrogen) atoms. The van der Waals surface area contributed by atoms with Crippen LogP contribution in [0.5, 0.6) is 0 Å². The van der Waals surface area contributed by atoms with Crippen molar-refractivity contribution in [2.75, 3.05) is 11.9 Å². The van der Waals surface area contributed by atoms with Crippen molar-refractivity contribution in [3.63, 3.8) is 0 Å². The van der Waals surface area contributed by atoms with Gasteiger partial charge in [0.15, 0.2) is 5.78 Å². The summed E-state index contributed by atoms with van der Waals surface area (Å²) in [6, 6.07) is 17.0. The van der Waals surface area contributed by atoms with Crippen molar-refractivity contribution < 1.29 is 23.1 Å². The summed E-state index contributed by atoms with van der Waals surface area (Å²) in [5.41, 5.74) is 2.88. The van der Waals surface area contributed by atoms with Gasteiger partial charge in [0.1, 0.15) is 0 Å². The van der Waals surface area contributed by atoms with E-state index in [1.807, 2.05) is 26.0 Å². The van der Waals surface area contributed by atoms with Crippen molar-refractivity contribution >= 4 is 38.2 Å². The monoisotopic (exact) mass is 548 g/mol. The number of carbonyl (C=O) groups excluding carboxylic acids is 2. The van der Waals surface area contributed by atoms with Gasteiger partial charge in [0.25, 0.3) is 5.91 Å². The second-order valence-corrected chi connectivity index (χ2v) is 11.9. The number of sulfonamides is 1. The fourth-order valence-corrected chi connectivity index (χ4v) is 6.84. The number of aliphatic hydroxyl groups excluding tert-OH is 1. The lowest BCUT2D eigenvalue weighted by Gasteiger charge is -2.25. The normalized spacial score (nSPS) is 19.1. The Balaban J connectivity index is 1.60. The maximum absolute atomic E-state index is 13.7. The van der Waals surface area contributed by atoms with Crippen LogP contribution < -0.4 is 10.0 Å². The van der Waals surface area contributed by atoms with Crippen LogP contribution in [0.4, 0.5) is 5.69 Å². The highest BCUT2D eigenvalue weighted by Gasteiger charge is 2.30. The number of allylic oxidation sites excluding steroid dienone is 2. The maximum atomic E-state index is 13.7. The highest BCUT2D eigenvalue weighted by Crippen LogP contribution is 2.32. The first-order chi connectivity index (χ1) is 18.7. The Labute approximate surface area is 230 Å². The van der Waals surface area contributed by atoms with Gasteiger partial charge < -0.3 is 10.4 Å². The minimum absolute atomic E-state index is 0.0734. The Morgan fingerprint density at radius 2 is 1.74 bits per heavy atom. The van der Waals surface area contributed by atoms with E-state index < -0.39 is 16.1 Å². The van der Waals surface area contributed by atoms with Crippen molar-refractivity contribution in [2.24, 2.45) is 5.92 Å². The number of hydrogen-bond donors (Lipinski definition) is 3. The Morgan fingerprint density at radius 1 is 1.03 bits per heavy atom. The van der Waals surface area contributed by atoms with Crippen LogP contribution in [0.2, 0.25) is 0 Å². The highest BCUT2D eigenvalue weighted by atomic mass is 32.2. The van der Waals surface area contributed by atoms with E-state index >= 15 is 0 Å². The molecule has 0 bridgehead atoms. The van der Waals surface area contributed by atoms with E-state index in [1.54, 1.807) is 48.5 Å². The molecule has 0 radical (unpaired) electrons. The summed E-state index contributed by atoms with van der Waals surface area (Å²) in [7, 11) is -3.96. The molecule has 1 saturated carbocycles. The minimum Gasteiger partial charge on any atom is -0.396 e. The molecule has 4 rings (SSSR count). The second-order valence-electron chi connectivity index (χ2n) is 10.2. The van der Waals surface area contributed by atoms with Gasteiger partial charge in [0, 0.05) is 47.0 Å². The van der Waals surface area contributed by atoms with Gasteiger partial charge in [-0.25, -0.2) is 13.1 Å². The van der Waals surface area contributed by atoms with Crippen LogP contribution in [-0.4, -0.2) is 37.9 Å². The Morgan fingerprint density at radius 3 is 2.46 bits per heavy atom. The lowest BCUT2D eigenvalue weighted by atomic mass is 9.94. The molecular weight excluding hydrogens is 512 g/mol. The Kier molecular flexibility index (Phi) is 9.32. The third kappa shape index (κ3) is 6.82. The van der Waals surface area contributed by atoms with Gasteiger partial charge in [0.05, 0.1) is 4.90 Å². The van der Waals surface area contributed by atoms with E-state index in [0.717, 1.165) is 24.0 Å². The number of aliphatic hydroxyl groups is 1. The molecule has 1 aliphatic carbocycles. The highest BCUT2D eigenvalue weighted by molar-refractivity contribution is 7.89. The summed E-state index contributed by atoms with van der Waals surface area (Å²) in [6.45, 7) is 3.64. The number of hydrogen-bond acceptors (Lipinski definition) is 5. The van der Waals surface area contributed by atoms with Crippen molar-refractivity contribution in [3.8, 4) is 0 Å². The van der Waals surface area contributed by atoms with Crippen LogP contribution in [0.1, 0.15) is 61.4 Å². The number of rotatable bonds is 9. The quantitative estimate of drug-likeness (QED) is 0.241. The molecule has 0 aliphatic heterocycles. The van der Waals surface area contributed by atoms with Crippen LogP contribution in [0.15, 0.2) is 77.2 Å². The van der Waals surface area contributed by atoms with E-state index in [2.05, 4.69) is 10.0 Å². The van der Waals surface area contributed by atoms with Crippen molar-refractivity contribution in [1.82, 2.24) is 4.72 Å². The van der Waals surface area contributed by atoms with Gasteiger partial charge in [-0.3, -0.25) is 9.59 Å². The van der Waals surface area contributed by atoms with Crippen LogP contribution in [-0.2, 0) is 14.8 Å². The van der Waals surface area contributed by atoms with E-state index in [-0.39, 0.29) is 29.1 Å². The van der Waals surface area contributed by atoms with E-state index in [0.29, 0.717) is 47.7 Å². The fourth-order valence-electron chi connectivity index (χ4n) is 5.28. The molecule has 8 heteroatoms. The van der Waals surface area contributed by atoms with Crippen LogP contribution in [0.25, 0.3) is 10.8 Å². The molecular formula is C31H36N2O5S. The number of nitrogens with one attached hydrogen (secondary N) is 2. The number of ketones is 1. The summed E-state index contributed by atoms with van der Waals surface area (Å²) in [6.07, 6.45) is 5.41. The molecule has 1 aliphatic rings. The summed E-state index contributed by atoms with van der Waals surface area (Å²) in [5, 5.41) is 14.2. The number of fused-ring (bicyclic) bond motifs is 1. The molecule has 0 saturated heterocycles. The van der Waals surface area contributed by atoms with Gasteiger partial charge in [-0.05, 0) is 68.9 Å². The predicted molar refractivity (Wildman–Crippen MR) is 154 cm³/mol. The molecule has 2 atom stereocenters. The zero-order valence-electron chi connectivity index (χ0n) is 22.4. The maximum Gasteiger partial charge on any atom is 0.255 e. The first-order valence-electron chi connectivity index (χ1n) is 13.5. The first-order valence-corrected chi connectivity index (χ1v) is 15.0. The van der Waals surface area contributed by atoms with Gasteiger partial charge in [-0.2, -0.15) is 0 Å². The summed E-state index contributed by atoms with van der Waals surface area (Å²) in [5.74, 6) is -0.524. The van der Waals surface area contributed by atoms with E-state index in [4.69, 9.17) is 0 Å². The summed E-state index contributed by atoms with van der Waals surface area (Å²) >= 11 is 0. The van der Waals surface area contributed by atoms with Gasteiger partial charge in [-0.1, -0.05) is 55.0 Å². The zero-order valence-corrected chi connectivity index (χ0v) is 23.3. The Bertz CT molecular complexity index is 1500. The first kappa shape index (κ1) is 28.7. The number of amides is 1. The average molecular weight is 549 g/mol. The van der Waals surface area contributed by atoms with Crippen LogP contribution >= 0.6 is 0 Å². The smallest absolute Gasteiger partial charge is 0.255 e. The molecule has 3 N–H and O–H groups in total. The van der Waals surface area contributed by atoms with Crippen molar-refractivity contribution in [3.05, 3.63) is 83.4 Å². The van der Waals surface area contributed by atoms with Crippen LogP contribution in [0.3, 0.4) is 0 Å². The molecule has 3 aromatic carbocycles. The number of carbonyl (C=O) groups is 2. The molecule has 0 aromatic heterocycles. The largest absolute Gasteiger partial charge is 0.396 e. The average Bonchev–Trinajstić information content (AvgIpc) is 3.09. The molecule has 1 amide bonds. The lowest BCUT2D eigenvalue weighted by Crippen LogP contribution is -2.41. The predicted octanol–water partition coefficient (Wildman–Crippen LogP) is 5.53. The van der Waals surface area contributed by atoms with E-state index in [9.17, 15) is 23.1 Å². The zero-order chi connectivity index (χ0) is 28.0. The van der Waals surface area contributed by atoms with Crippen molar-refractivity contribution in [2.45, 2.75) is 63.3 Å². The number of benzene rings is 3. The second kappa shape index (κ2) is 12.7. The SMILES string of the molecule is CCCC(=O)/C=C1/CCC[C@H](NS(=O)(=O)c2ccc(NC(=O)c3ccccc3C)c3ccccc23)[C@@H](CO)C1. The molecule has 3 aromatic rings. The topological polar surface area (TPSA) is 113 Å². The third-order valence-corrected chi connectivity index (χ3v) is 8.87. The molecule has 1 fully saturated rings.